The maximum absolute atomic E-state index is 12.7. The third kappa shape index (κ3) is 6.13. The Balaban J connectivity index is 1.59. The number of hydrogen-bond donors (Lipinski definition) is 2. The van der Waals surface area contributed by atoms with Crippen LogP contribution in [0.15, 0.2) is 75.6 Å². The molecule has 0 atom stereocenters. The summed E-state index contributed by atoms with van der Waals surface area (Å²) in [6, 6.07) is 16.6. The first kappa shape index (κ1) is 22.9. The zero-order valence-electron chi connectivity index (χ0n) is 16.4. The van der Waals surface area contributed by atoms with Crippen molar-refractivity contribution in [2.75, 3.05) is 6.54 Å². The van der Waals surface area contributed by atoms with Crippen LogP contribution in [0.1, 0.15) is 22.8 Å². The van der Waals surface area contributed by atoms with Gasteiger partial charge in [-0.05, 0) is 52.2 Å². The summed E-state index contributed by atoms with van der Waals surface area (Å²) < 4.78 is 0.888. The van der Waals surface area contributed by atoms with Crippen LogP contribution in [-0.2, 0) is 9.59 Å². The molecule has 1 saturated heterocycles. The van der Waals surface area contributed by atoms with Gasteiger partial charge < -0.3 is 0 Å². The summed E-state index contributed by atoms with van der Waals surface area (Å²) in [5.74, 6) is -1.38. The van der Waals surface area contributed by atoms with E-state index in [4.69, 9.17) is 12.2 Å². The second-order valence-corrected chi connectivity index (χ2v) is 9.08. The summed E-state index contributed by atoms with van der Waals surface area (Å²) in [7, 11) is 0. The number of nitrogens with zero attached hydrogens (tertiary/aromatic N) is 1. The molecule has 158 valence electrons. The molecule has 1 aliphatic heterocycles. The lowest BCUT2D eigenvalue weighted by Gasteiger charge is -2.14. The lowest BCUT2D eigenvalue weighted by molar-refractivity contribution is -0.129. The van der Waals surface area contributed by atoms with Gasteiger partial charge in [0.2, 0.25) is 0 Å². The van der Waals surface area contributed by atoms with Gasteiger partial charge in [-0.2, -0.15) is 0 Å². The van der Waals surface area contributed by atoms with Gasteiger partial charge in [0, 0.05) is 4.47 Å². The van der Waals surface area contributed by atoms with Crippen LogP contribution in [0.3, 0.4) is 0 Å². The summed E-state index contributed by atoms with van der Waals surface area (Å²) >= 11 is 9.68. The average Bonchev–Trinajstić information content (AvgIpc) is 3.00. The van der Waals surface area contributed by atoms with Crippen LogP contribution in [-0.4, -0.2) is 33.5 Å². The number of thiocarbonyl (C=S) groups is 1. The van der Waals surface area contributed by atoms with Crippen molar-refractivity contribution in [3.05, 3.63) is 86.8 Å². The van der Waals surface area contributed by atoms with E-state index in [0.717, 1.165) is 22.9 Å². The van der Waals surface area contributed by atoms with E-state index >= 15 is 0 Å². The highest BCUT2D eigenvalue weighted by Crippen LogP contribution is 2.31. The Kier molecular flexibility index (Phi) is 7.78. The smallest absolute Gasteiger partial charge is 0.270 e. The summed E-state index contributed by atoms with van der Waals surface area (Å²) in [5.41, 5.74) is 6.92. The first-order chi connectivity index (χ1) is 14.8. The van der Waals surface area contributed by atoms with Crippen molar-refractivity contribution < 1.29 is 14.4 Å². The fourth-order valence-corrected chi connectivity index (χ4v) is 4.49. The predicted molar refractivity (Wildman–Crippen MR) is 130 cm³/mol. The number of thioether (sulfide) groups is 1. The normalized spacial score (nSPS) is 15.4. The SMILES string of the molecule is CC(/C=C1\SC(=S)N(CC(=O)NNC(=O)c2ccccc2Br)C1=O)=C\c1ccccc1. The van der Waals surface area contributed by atoms with Crippen molar-refractivity contribution in [1.82, 2.24) is 15.8 Å². The minimum absolute atomic E-state index is 0.288. The summed E-state index contributed by atoms with van der Waals surface area (Å²) in [4.78, 5) is 38.8. The van der Waals surface area contributed by atoms with Gasteiger partial charge in [-0.3, -0.25) is 30.1 Å². The van der Waals surface area contributed by atoms with Crippen molar-refractivity contribution in [2.45, 2.75) is 6.92 Å². The Hall–Kier alpha value is -2.75. The lowest BCUT2D eigenvalue weighted by Crippen LogP contribution is -2.47. The molecule has 2 aromatic carbocycles. The van der Waals surface area contributed by atoms with Crippen LogP contribution in [0, 0.1) is 0 Å². The molecule has 9 heteroatoms. The molecule has 3 amide bonds. The van der Waals surface area contributed by atoms with E-state index < -0.39 is 11.8 Å². The Morgan fingerprint density at radius 3 is 2.48 bits per heavy atom. The van der Waals surface area contributed by atoms with Gasteiger partial charge >= 0.3 is 0 Å². The van der Waals surface area contributed by atoms with Crippen molar-refractivity contribution in [1.29, 1.82) is 0 Å². The summed E-state index contributed by atoms with van der Waals surface area (Å²) in [5, 5.41) is 0. The molecule has 3 rings (SSSR count). The molecule has 0 radical (unpaired) electrons. The van der Waals surface area contributed by atoms with E-state index in [1.807, 2.05) is 43.3 Å². The molecule has 0 aliphatic carbocycles. The molecule has 1 aliphatic rings. The Morgan fingerprint density at radius 1 is 1.10 bits per heavy atom. The molecule has 2 N–H and O–H groups in total. The molecule has 0 bridgehead atoms. The van der Waals surface area contributed by atoms with Gasteiger partial charge in [0.15, 0.2) is 0 Å². The van der Waals surface area contributed by atoms with Gasteiger partial charge in [0.25, 0.3) is 17.7 Å². The van der Waals surface area contributed by atoms with Crippen LogP contribution >= 0.6 is 39.9 Å². The molecule has 2 aromatic rings. The first-order valence-corrected chi connectivity index (χ1v) is 11.2. The molecule has 0 spiro atoms. The van der Waals surface area contributed by atoms with Gasteiger partial charge in [-0.15, -0.1) is 0 Å². The average molecular weight is 516 g/mol. The van der Waals surface area contributed by atoms with Crippen molar-refractivity contribution in [2.24, 2.45) is 0 Å². The molecular weight excluding hydrogens is 498 g/mol. The largest absolute Gasteiger partial charge is 0.283 e. The van der Waals surface area contributed by atoms with E-state index in [0.29, 0.717) is 14.9 Å². The van der Waals surface area contributed by atoms with E-state index in [2.05, 4.69) is 26.8 Å². The Bertz CT molecular complexity index is 1100. The predicted octanol–water partition coefficient (Wildman–Crippen LogP) is 4.06. The number of nitrogens with one attached hydrogen (secondary N) is 2. The van der Waals surface area contributed by atoms with E-state index in [-0.39, 0.29) is 16.8 Å². The molecule has 6 nitrogen and oxygen atoms in total. The van der Waals surface area contributed by atoms with Crippen molar-refractivity contribution in [3.8, 4) is 0 Å². The van der Waals surface area contributed by atoms with Crippen LogP contribution in [0.25, 0.3) is 6.08 Å². The number of benzene rings is 2. The Morgan fingerprint density at radius 2 is 1.77 bits per heavy atom. The van der Waals surface area contributed by atoms with Crippen LogP contribution in [0.5, 0.6) is 0 Å². The van der Waals surface area contributed by atoms with Crippen LogP contribution in [0.4, 0.5) is 0 Å². The molecule has 1 heterocycles. The zero-order chi connectivity index (χ0) is 22.4. The van der Waals surface area contributed by atoms with E-state index in [9.17, 15) is 14.4 Å². The van der Waals surface area contributed by atoms with Crippen LogP contribution < -0.4 is 10.9 Å². The minimum Gasteiger partial charge on any atom is -0.283 e. The van der Waals surface area contributed by atoms with Crippen molar-refractivity contribution >= 4 is 68.0 Å². The number of halogens is 1. The molecule has 0 saturated carbocycles. The molecular formula is C22H18BrN3O3S2. The number of hydrogen-bond acceptors (Lipinski definition) is 5. The maximum Gasteiger partial charge on any atom is 0.270 e. The number of carbonyl (C=O) groups excluding carboxylic acids is 3. The van der Waals surface area contributed by atoms with Gasteiger partial charge in [0.1, 0.15) is 10.9 Å². The second kappa shape index (κ2) is 10.5. The van der Waals surface area contributed by atoms with Gasteiger partial charge in [-0.25, -0.2) is 0 Å². The quantitative estimate of drug-likeness (QED) is 0.356. The Labute approximate surface area is 197 Å². The molecule has 31 heavy (non-hydrogen) atoms. The second-order valence-electron chi connectivity index (χ2n) is 6.55. The van der Waals surface area contributed by atoms with Gasteiger partial charge in [0.05, 0.1) is 10.5 Å². The first-order valence-electron chi connectivity index (χ1n) is 9.17. The van der Waals surface area contributed by atoms with E-state index in [1.165, 1.54) is 4.90 Å². The monoisotopic (exact) mass is 515 g/mol. The number of allylic oxidation sites excluding steroid dienone is 2. The highest BCUT2D eigenvalue weighted by Gasteiger charge is 2.33. The summed E-state index contributed by atoms with van der Waals surface area (Å²) in [6.07, 6.45) is 3.70. The highest BCUT2D eigenvalue weighted by molar-refractivity contribution is 9.10. The molecule has 0 unspecified atom stereocenters. The zero-order valence-corrected chi connectivity index (χ0v) is 19.6. The number of amides is 3. The lowest BCUT2D eigenvalue weighted by atomic mass is 10.1. The van der Waals surface area contributed by atoms with Crippen LogP contribution in [0.2, 0.25) is 0 Å². The molecule has 0 aromatic heterocycles. The fourth-order valence-electron chi connectivity index (χ4n) is 2.72. The number of rotatable bonds is 5. The standard InChI is InChI=1S/C22H18BrN3O3S2/c1-14(11-15-7-3-2-4-8-15)12-18-21(29)26(22(30)31-18)13-19(27)24-25-20(28)16-9-5-6-10-17(16)23/h2-12H,13H2,1H3,(H,24,27)(H,25,28)/b14-11+,18-12-. The van der Waals surface area contributed by atoms with Gasteiger partial charge in [-0.1, -0.05) is 72.5 Å². The topological polar surface area (TPSA) is 78.5 Å². The number of carbonyl (C=O) groups is 3. The summed E-state index contributed by atoms with van der Waals surface area (Å²) in [6.45, 7) is 1.60. The highest BCUT2D eigenvalue weighted by atomic mass is 79.9. The van der Waals surface area contributed by atoms with E-state index in [1.54, 1.807) is 30.3 Å². The van der Waals surface area contributed by atoms with Crippen molar-refractivity contribution in [3.63, 3.8) is 0 Å². The maximum atomic E-state index is 12.7. The third-order valence-corrected chi connectivity index (χ3v) is 6.23. The minimum atomic E-state index is -0.561. The third-order valence-electron chi connectivity index (χ3n) is 4.16. The number of hydrazine groups is 1. The fraction of sp³-hybridized carbons (Fsp3) is 0.0909. The molecule has 1 fully saturated rings.